The highest BCUT2D eigenvalue weighted by Gasteiger charge is 1.99. The van der Waals surface area contributed by atoms with Crippen molar-refractivity contribution in [3.63, 3.8) is 0 Å². The zero-order chi connectivity index (χ0) is 10.1. The minimum Gasteiger partial charge on any atom is -0.480 e. The van der Waals surface area contributed by atoms with E-state index in [1.165, 1.54) is 6.92 Å². The van der Waals surface area contributed by atoms with Crippen LogP contribution in [0, 0.1) is 0 Å². The summed E-state index contributed by atoms with van der Waals surface area (Å²) in [4.78, 5) is 19.1. The molecule has 6 heteroatoms. The van der Waals surface area contributed by atoms with Crippen LogP contribution in [0.25, 0.3) is 0 Å². The van der Waals surface area contributed by atoms with Crippen molar-refractivity contribution in [3.8, 4) is 0 Å². The van der Waals surface area contributed by atoms with Gasteiger partial charge in [-0.1, -0.05) is 0 Å². The van der Waals surface area contributed by atoms with E-state index >= 15 is 0 Å². The van der Waals surface area contributed by atoms with Crippen LogP contribution in [0.15, 0.2) is 0 Å². The molecule has 1 atom stereocenters. The maximum atomic E-state index is 9.57. The molecule has 0 aromatic rings. The van der Waals surface area contributed by atoms with E-state index in [0.717, 1.165) is 0 Å². The van der Waals surface area contributed by atoms with Crippen molar-refractivity contribution in [3.05, 3.63) is 0 Å². The van der Waals surface area contributed by atoms with E-state index in [9.17, 15) is 9.59 Å². The van der Waals surface area contributed by atoms with Gasteiger partial charge in [0, 0.05) is 0 Å². The molecule has 0 spiro atoms. The molecule has 0 saturated carbocycles. The van der Waals surface area contributed by atoms with Crippen LogP contribution < -0.4 is 11.1 Å². The summed E-state index contributed by atoms with van der Waals surface area (Å²) in [6.07, 6.45) is 0. The molecule has 6 nitrogen and oxygen atoms in total. The summed E-state index contributed by atoms with van der Waals surface area (Å²) < 4.78 is 0. The lowest BCUT2D eigenvalue weighted by atomic mass is 10.4. The van der Waals surface area contributed by atoms with E-state index in [4.69, 9.17) is 15.9 Å². The molecule has 0 bridgehead atoms. The molecule has 0 aromatic carbocycles. The first kappa shape index (κ1) is 13.4. The van der Waals surface area contributed by atoms with E-state index in [0.29, 0.717) is 0 Å². The molecule has 0 unspecified atom stereocenters. The fourth-order valence-electron chi connectivity index (χ4n) is 0.151. The van der Waals surface area contributed by atoms with Crippen LogP contribution in [0.4, 0.5) is 0 Å². The zero-order valence-electron chi connectivity index (χ0n) is 7.07. The summed E-state index contributed by atoms with van der Waals surface area (Å²) in [6.45, 7) is 1.46. The lowest BCUT2D eigenvalue weighted by molar-refractivity contribution is -0.138. The molecule has 0 saturated heterocycles. The summed E-state index contributed by atoms with van der Waals surface area (Å²) in [7, 11) is 1.59. The molecular weight excluding hydrogens is 164 g/mol. The van der Waals surface area contributed by atoms with Crippen molar-refractivity contribution in [2.45, 2.75) is 13.0 Å². The number of likely N-dealkylation sites (N-methyl/N-ethyl adjacent to an activating group) is 1. The van der Waals surface area contributed by atoms with Crippen LogP contribution >= 0.6 is 0 Å². The van der Waals surface area contributed by atoms with Crippen LogP contribution in [0.3, 0.4) is 0 Å². The zero-order valence-corrected chi connectivity index (χ0v) is 7.07. The van der Waals surface area contributed by atoms with Crippen molar-refractivity contribution >= 4 is 11.9 Å². The minimum atomic E-state index is -0.963. The molecular formula is C6H14N2O4. The van der Waals surface area contributed by atoms with Crippen LogP contribution in [0.2, 0.25) is 0 Å². The Hall–Kier alpha value is -1.14. The van der Waals surface area contributed by atoms with Gasteiger partial charge in [0.05, 0.1) is 6.54 Å². The minimum absolute atomic E-state index is 0.0417. The van der Waals surface area contributed by atoms with Crippen LogP contribution in [0.5, 0.6) is 0 Å². The highest BCUT2D eigenvalue weighted by atomic mass is 16.4. The van der Waals surface area contributed by atoms with E-state index in [1.54, 1.807) is 7.05 Å². The number of nitrogens with one attached hydrogen (secondary N) is 1. The highest BCUT2D eigenvalue weighted by molar-refractivity contribution is 5.72. The quantitative estimate of drug-likeness (QED) is 0.427. The average Bonchev–Trinajstić information content (AvgIpc) is 1.87. The van der Waals surface area contributed by atoms with Gasteiger partial charge >= 0.3 is 11.9 Å². The topological polar surface area (TPSA) is 113 Å². The van der Waals surface area contributed by atoms with Crippen molar-refractivity contribution < 1.29 is 19.8 Å². The first-order valence-corrected chi connectivity index (χ1v) is 3.26. The van der Waals surface area contributed by atoms with E-state index in [1.807, 2.05) is 0 Å². The second kappa shape index (κ2) is 7.96. The average molecular weight is 178 g/mol. The molecule has 0 heterocycles. The number of carbonyl (C=O) groups is 2. The SMILES string of the molecule is CNCC(=O)O.C[C@@H](N)C(=O)O. The second-order valence-corrected chi connectivity index (χ2v) is 2.05. The molecule has 0 amide bonds. The molecule has 5 N–H and O–H groups in total. The Labute approximate surface area is 70.4 Å². The van der Waals surface area contributed by atoms with Crippen molar-refractivity contribution in [1.82, 2.24) is 5.32 Å². The van der Waals surface area contributed by atoms with Crippen molar-refractivity contribution in [1.29, 1.82) is 0 Å². The van der Waals surface area contributed by atoms with E-state index in [2.05, 4.69) is 5.32 Å². The smallest absolute Gasteiger partial charge is 0.320 e. The lowest BCUT2D eigenvalue weighted by Crippen LogP contribution is -2.25. The third-order valence-electron chi connectivity index (χ3n) is 0.718. The van der Waals surface area contributed by atoms with Gasteiger partial charge < -0.3 is 21.3 Å². The molecule has 0 aliphatic heterocycles. The predicted molar refractivity (Wildman–Crippen MR) is 42.8 cm³/mol. The fourth-order valence-corrected chi connectivity index (χ4v) is 0.151. The fraction of sp³-hybridized carbons (Fsp3) is 0.667. The van der Waals surface area contributed by atoms with Gasteiger partial charge in [0.25, 0.3) is 0 Å². The number of hydrogen-bond donors (Lipinski definition) is 4. The van der Waals surface area contributed by atoms with Gasteiger partial charge in [0.2, 0.25) is 0 Å². The predicted octanol–water partition coefficient (Wildman–Crippen LogP) is -1.29. The monoisotopic (exact) mass is 178 g/mol. The third kappa shape index (κ3) is 15.9. The van der Waals surface area contributed by atoms with Gasteiger partial charge in [0.15, 0.2) is 0 Å². The van der Waals surface area contributed by atoms with Crippen LogP contribution in [-0.2, 0) is 9.59 Å². The van der Waals surface area contributed by atoms with E-state index < -0.39 is 18.0 Å². The summed E-state index contributed by atoms with van der Waals surface area (Å²) in [5, 5.41) is 18.2. The van der Waals surface area contributed by atoms with Gasteiger partial charge in [-0.05, 0) is 14.0 Å². The number of hydrogen-bond acceptors (Lipinski definition) is 4. The third-order valence-corrected chi connectivity index (χ3v) is 0.718. The van der Waals surface area contributed by atoms with Gasteiger partial charge in [-0.15, -0.1) is 0 Å². The summed E-state index contributed by atoms with van der Waals surface area (Å²) in [5.74, 6) is -1.78. The van der Waals surface area contributed by atoms with Gasteiger partial charge in [-0.25, -0.2) is 0 Å². The Bertz CT molecular complexity index is 146. The maximum absolute atomic E-state index is 9.57. The Balaban J connectivity index is 0. The van der Waals surface area contributed by atoms with E-state index in [-0.39, 0.29) is 6.54 Å². The number of rotatable bonds is 3. The molecule has 0 rings (SSSR count). The molecule has 0 aromatic heterocycles. The first-order valence-electron chi connectivity index (χ1n) is 3.26. The van der Waals surface area contributed by atoms with Crippen LogP contribution in [-0.4, -0.2) is 41.8 Å². The van der Waals surface area contributed by atoms with Crippen molar-refractivity contribution in [2.24, 2.45) is 5.73 Å². The van der Waals surface area contributed by atoms with Gasteiger partial charge in [-0.3, -0.25) is 9.59 Å². The number of aliphatic carboxylic acids is 2. The second-order valence-electron chi connectivity index (χ2n) is 2.05. The highest BCUT2D eigenvalue weighted by Crippen LogP contribution is 1.68. The molecule has 0 fully saturated rings. The summed E-state index contributed by atoms with van der Waals surface area (Å²) in [5.41, 5.74) is 4.84. The largest absolute Gasteiger partial charge is 0.480 e. The Morgan fingerprint density at radius 3 is 1.83 bits per heavy atom. The molecule has 0 aliphatic carbocycles. The number of carboxylic acid groups (broad SMARTS) is 2. The number of nitrogens with two attached hydrogens (primary N) is 1. The van der Waals surface area contributed by atoms with Crippen LogP contribution in [0.1, 0.15) is 6.92 Å². The lowest BCUT2D eigenvalue weighted by Gasteiger charge is -1.90. The van der Waals surface area contributed by atoms with Crippen molar-refractivity contribution in [2.75, 3.05) is 13.6 Å². The first-order chi connectivity index (χ1) is 5.41. The summed E-state index contributed by atoms with van der Waals surface area (Å²) in [6, 6.07) is -0.731. The molecule has 0 radical (unpaired) electrons. The Morgan fingerprint density at radius 1 is 1.50 bits per heavy atom. The molecule has 12 heavy (non-hydrogen) atoms. The van der Waals surface area contributed by atoms with Gasteiger partial charge in [0.1, 0.15) is 6.04 Å². The number of carboxylic acids is 2. The molecule has 0 aliphatic rings. The van der Waals surface area contributed by atoms with Gasteiger partial charge in [-0.2, -0.15) is 0 Å². The summed E-state index contributed by atoms with van der Waals surface area (Å²) >= 11 is 0. The Kier molecular flexibility index (Phi) is 8.92. The Morgan fingerprint density at radius 2 is 1.83 bits per heavy atom. The normalized spacial score (nSPS) is 10.9. The standard InChI is InChI=1S/2C3H7NO2/c1-4-2-3(5)6;1-2(4)3(5)6/h4H,2H2,1H3,(H,5,6);2H,4H2,1H3,(H,5,6)/t;2-/m.1/s1. The maximum Gasteiger partial charge on any atom is 0.320 e. The molecule has 72 valence electrons.